The summed E-state index contributed by atoms with van der Waals surface area (Å²) >= 11 is 0. The molecule has 19 heavy (non-hydrogen) atoms. The van der Waals surface area contributed by atoms with Crippen LogP contribution in [0, 0.1) is 19.3 Å². The van der Waals surface area contributed by atoms with Gasteiger partial charge in [0.05, 0.1) is 9.47 Å². The third-order valence-corrected chi connectivity index (χ3v) is 3.18. The van der Waals surface area contributed by atoms with Gasteiger partial charge >= 0.3 is 0 Å². The highest BCUT2D eigenvalue weighted by atomic mass is 31.0. The molecule has 0 saturated carbocycles. The van der Waals surface area contributed by atoms with Gasteiger partial charge in [-0.2, -0.15) is 0 Å². The van der Waals surface area contributed by atoms with Crippen LogP contribution in [0.1, 0.15) is 64.9 Å². The molecule has 2 heteroatoms. The van der Waals surface area contributed by atoms with E-state index in [4.69, 9.17) is 10.9 Å². The van der Waals surface area contributed by atoms with Crippen molar-refractivity contribution < 1.29 is 5.95 Å². The summed E-state index contributed by atoms with van der Waals surface area (Å²) in [5.41, 5.74) is 1.93. The number of terminal acetylenes is 1. The fourth-order valence-electron chi connectivity index (χ4n) is 1.72. The lowest BCUT2D eigenvalue weighted by Gasteiger charge is -2.02. The average Bonchev–Trinajstić information content (AvgIpc) is 2.44. The van der Waals surface area contributed by atoms with Crippen molar-refractivity contribution in [3.05, 3.63) is 29.3 Å². The minimum Gasteiger partial charge on any atom is -0.480 e. The van der Waals surface area contributed by atoms with Crippen LogP contribution < -0.4 is 4.52 Å². The summed E-state index contributed by atoms with van der Waals surface area (Å²) in [6.07, 6.45) is 13.7. The van der Waals surface area contributed by atoms with Crippen LogP contribution in [0.15, 0.2) is 18.2 Å². The molecule has 1 unspecified atom stereocenters. The molecule has 1 atom stereocenters. The molecule has 0 aliphatic heterocycles. The van der Waals surface area contributed by atoms with Crippen molar-refractivity contribution in [2.45, 2.75) is 59.3 Å². The Morgan fingerprint density at radius 1 is 1.16 bits per heavy atom. The van der Waals surface area contributed by atoms with Crippen molar-refractivity contribution in [1.82, 2.24) is 0 Å². The van der Waals surface area contributed by atoms with Gasteiger partial charge in [0.1, 0.15) is 5.75 Å². The van der Waals surface area contributed by atoms with E-state index in [2.05, 4.69) is 29.2 Å². The van der Waals surface area contributed by atoms with Gasteiger partial charge in [0.25, 0.3) is 0 Å². The molecule has 0 saturated heterocycles. The van der Waals surface area contributed by atoms with Crippen LogP contribution in [0.4, 0.5) is 0 Å². The molecule has 0 radical (unpaired) electrons. The molecule has 0 amide bonds. The number of unbranched alkanes of at least 4 members (excludes halogenated alkanes) is 5. The lowest BCUT2D eigenvalue weighted by Crippen LogP contribution is -1.81. The van der Waals surface area contributed by atoms with E-state index < -0.39 is 0 Å². The minimum atomic E-state index is 0. The van der Waals surface area contributed by atoms with E-state index in [1.54, 1.807) is 0 Å². The monoisotopic (exact) mass is 280 g/mol. The van der Waals surface area contributed by atoms with E-state index in [0.717, 1.165) is 16.9 Å². The summed E-state index contributed by atoms with van der Waals surface area (Å²) in [5, 5.41) is 0. The van der Waals surface area contributed by atoms with Gasteiger partial charge in [-0.15, -0.1) is 6.42 Å². The molecule has 108 valence electrons. The van der Waals surface area contributed by atoms with Crippen molar-refractivity contribution >= 4 is 9.47 Å². The van der Waals surface area contributed by atoms with E-state index in [1.165, 1.54) is 38.5 Å². The molecule has 0 aromatic heterocycles. The zero-order chi connectivity index (χ0) is 14.5. The molecule has 0 spiro atoms. The van der Waals surface area contributed by atoms with E-state index in [1.807, 2.05) is 25.1 Å². The first kappa shape index (κ1) is 18.0. The molecule has 1 aromatic rings. The number of rotatable bonds is 6. The topological polar surface area (TPSA) is 9.23 Å². The fourth-order valence-corrected chi connectivity index (χ4v) is 1.99. The summed E-state index contributed by atoms with van der Waals surface area (Å²) in [6.45, 7) is 6.47. The van der Waals surface area contributed by atoms with Crippen LogP contribution in [0.5, 0.6) is 5.75 Å². The predicted octanol–water partition coefficient (Wildman–Crippen LogP) is 5.76. The third-order valence-electron chi connectivity index (χ3n) is 2.93. The highest BCUT2D eigenvalue weighted by Gasteiger charge is 1.96. The molecule has 1 rings (SSSR count). The maximum absolute atomic E-state index is 5.21. The SMILES string of the molecule is C#Cc1ccc(OP)c(C)c1.CCCCCCCC.[HH]. The third kappa shape index (κ3) is 8.68. The lowest BCUT2D eigenvalue weighted by molar-refractivity contribution is 0.624. The summed E-state index contributed by atoms with van der Waals surface area (Å²) in [4.78, 5) is 0. The van der Waals surface area contributed by atoms with E-state index >= 15 is 0 Å². The first-order valence-electron chi connectivity index (χ1n) is 7.13. The maximum Gasteiger partial charge on any atom is 0.125 e. The zero-order valence-electron chi connectivity index (χ0n) is 12.5. The van der Waals surface area contributed by atoms with Crippen LogP contribution in [-0.4, -0.2) is 0 Å². The summed E-state index contributed by atoms with van der Waals surface area (Å²) in [6, 6.07) is 5.63. The van der Waals surface area contributed by atoms with Crippen LogP contribution in [0.25, 0.3) is 0 Å². The Morgan fingerprint density at radius 3 is 2.11 bits per heavy atom. The van der Waals surface area contributed by atoms with Crippen LogP contribution in [0.3, 0.4) is 0 Å². The van der Waals surface area contributed by atoms with E-state index in [9.17, 15) is 0 Å². The smallest absolute Gasteiger partial charge is 0.125 e. The molecular formula is C17H29OP. The molecular weight excluding hydrogens is 251 g/mol. The summed E-state index contributed by atoms with van der Waals surface area (Å²) in [7, 11) is 2.21. The van der Waals surface area contributed by atoms with Gasteiger partial charge in [-0.3, -0.25) is 0 Å². The predicted molar refractivity (Wildman–Crippen MR) is 90.6 cm³/mol. The second kappa shape index (κ2) is 12.1. The van der Waals surface area contributed by atoms with Crippen molar-refractivity contribution in [1.29, 1.82) is 0 Å². The quantitative estimate of drug-likeness (QED) is 0.366. The van der Waals surface area contributed by atoms with E-state index in [-0.39, 0.29) is 1.43 Å². The Hall–Kier alpha value is -0.990. The number of hydrogen-bond donors (Lipinski definition) is 0. The number of benzene rings is 1. The van der Waals surface area contributed by atoms with Crippen LogP contribution >= 0.6 is 9.47 Å². The molecule has 0 aliphatic rings. The lowest BCUT2D eigenvalue weighted by atomic mass is 10.1. The van der Waals surface area contributed by atoms with Crippen molar-refractivity contribution in [2.24, 2.45) is 0 Å². The summed E-state index contributed by atoms with van der Waals surface area (Å²) < 4.78 is 4.99. The fraction of sp³-hybridized carbons (Fsp3) is 0.529. The Bertz CT molecular complexity index is 379. The highest BCUT2D eigenvalue weighted by molar-refractivity contribution is 7.10. The van der Waals surface area contributed by atoms with Gasteiger partial charge in [0.15, 0.2) is 0 Å². The van der Waals surface area contributed by atoms with Crippen molar-refractivity contribution in [2.75, 3.05) is 0 Å². The van der Waals surface area contributed by atoms with Gasteiger partial charge in [-0.1, -0.05) is 58.3 Å². The van der Waals surface area contributed by atoms with Crippen LogP contribution in [0.2, 0.25) is 0 Å². The van der Waals surface area contributed by atoms with Crippen molar-refractivity contribution in [3.8, 4) is 18.1 Å². The normalized spacial score (nSPS) is 9.21. The Kier molecular flexibility index (Phi) is 11.4. The molecule has 1 aromatic carbocycles. The van der Waals surface area contributed by atoms with Gasteiger partial charge in [-0.25, -0.2) is 0 Å². The molecule has 0 bridgehead atoms. The minimum absolute atomic E-state index is 0. The number of aryl methyl sites for hydroxylation is 1. The van der Waals surface area contributed by atoms with Gasteiger partial charge in [0, 0.05) is 6.99 Å². The molecule has 1 nitrogen and oxygen atoms in total. The zero-order valence-corrected chi connectivity index (χ0v) is 13.7. The van der Waals surface area contributed by atoms with Gasteiger partial charge in [0.2, 0.25) is 0 Å². The van der Waals surface area contributed by atoms with Crippen LogP contribution in [-0.2, 0) is 0 Å². The Balaban J connectivity index is 0. The first-order valence-corrected chi connectivity index (χ1v) is 7.60. The molecule has 0 heterocycles. The molecule has 0 N–H and O–H groups in total. The second-order valence-electron chi connectivity index (χ2n) is 4.66. The highest BCUT2D eigenvalue weighted by Crippen LogP contribution is 2.20. The van der Waals surface area contributed by atoms with Crippen molar-refractivity contribution in [3.63, 3.8) is 0 Å². The molecule has 0 fully saturated rings. The first-order chi connectivity index (χ1) is 9.19. The summed E-state index contributed by atoms with van der Waals surface area (Å²) in [5.74, 6) is 3.40. The second-order valence-corrected chi connectivity index (χ2v) is 4.89. The largest absolute Gasteiger partial charge is 0.480 e. The Morgan fingerprint density at radius 2 is 1.74 bits per heavy atom. The molecule has 0 aliphatic carbocycles. The number of hydrogen-bond acceptors (Lipinski definition) is 1. The van der Waals surface area contributed by atoms with Gasteiger partial charge < -0.3 is 4.52 Å². The standard InChI is InChI=1S/C9H9OP.C8H18.H2/c1-3-8-4-5-9(10-11)7(2)6-8;1-3-5-7-8-6-4-2;/h1,4-6H,11H2,2H3;3-8H2,1-2H3;1H. The average molecular weight is 280 g/mol. The maximum atomic E-state index is 5.21. The Labute approximate surface area is 122 Å². The van der Waals surface area contributed by atoms with Gasteiger partial charge in [-0.05, 0) is 30.7 Å². The van der Waals surface area contributed by atoms with E-state index in [0.29, 0.717) is 0 Å².